The number of benzene rings is 3. The fourth-order valence-electron chi connectivity index (χ4n) is 7.79. The van der Waals surface area contributed by atoms with Gasteiger partial charge in [0.25, 0.3) is 0 Å². The Balaban J connectivity index is 1.02. The van der Waals surface area contributed by atoms with E-state index in [-0.39, 0.29) is 29.8 Å². The molecule has 0 radical (unpaired) electrons. The van der Waals surface area contributed by atoms with Gasteiger partial charge in [-0.25, -0.2) is 19.6 Å². The first kappa shape index (κ1) is 38.1. The number of aromatic nitrogens is 4. The van der Waals surface area contributed by atoms with Gasteiger partial charge in [-0.05, 0) is 78.1 Å². The number of likely N-dealkylation sites (tertiary alicyclic amines) is 2. The number of amides is 4. The zero-order valence-corrected chi connectivity index (χ0v) is 32.3. The van der Waals surface area contributed by atoms with E-state index >= 15 is 0 Å². The Morgan fingerprint density at radius 1 is 0.661 bits per heavy atom. The van der Waals surface area contributed by atoms with Crippen LogP contribution in [0.25, 0.3) is 44.4 Å². The first-order valence-corrected chi connectivity index (χ1v) is 19.1. The van der Waals surface area contributed by atoms with Crippen LogP contribution in [0.4, 0.5) is 9.59 Å². The van der Waals surface area contributed by atoms with Gasteiger partial charge in [0.15, 0.2) is 0 Å². The monoisotopic (exact) mass is 760 g/mol. The lowest BCUT2D eigenvalue weighted by molar-refractivity contribution is -0.135. The maximum atomic E-state index is 13.5. The molecular formula is C42H48N8O6. The summed E-state index contributed by atoms with van der Waals surface area (Å²) in [5.74, 6) is 1.04. The molecule has 14 heteroatoms. The first-order valence-electron chi connectivity index (χ1n) is 19.1. The van der Waals surface area contributed by atoms with Gasteiger partial charge in [-0.15, -0.1) is 0 Å². The summed E-state index contributed by atoms with van der Waals surface area (Å²) in [6.45, 7) is 6.65. The molecule has 2 aliphatic heterocycles. The minimum absolute atomic E-state index is 0.103. The van der Waals surface area contributed by atoms with Crippen molar-refractivity contribution in [2.24, 2.45) is 5.92 Å². The van der Waals surface area contributed by atoms with Gasteiger partial charge in [0.1, 0.15) is 23.7 Å². The Bertz CT molecular complexity index is 2230. The first-order chi connectivity index (χ1) is 27.0. The number of carbonyl (C=O) groups excluding carboxylic acids is 4. The minimum Gasteiger partial charge on any atom is -0.453 e. The van der Waals surface area contributed by atoms with Gasteiger partial charge in [0.2, 0.25) is 11.8 Å². The molecule has 4 N–H and O–H groups in total. The highest BCUT2D eigenvalue weighted by atomic mass is 16.5. The Kier molecular flexibility index (Phi) is 11.1. The summed E-state index contributed by atoms with van der Waals surface area (Å²) in [7, 11) is 2.56. The molecule has 2 aromatic heterocycles. The number of nitrogens with zero attached hydrogens (tertiary/aromatic N) is 4. The molecule has 2 unspecified atom stereocenters. The van der Waals surface area contributed by atoms with Crippen LogP contribution in [0.3, 0.4) is 0 Å². The van der Waals surface area contributed by atoms with Crippen molar-refractivity contribution in [3.63, 3.8) is 0 Å². The van der Waals surface area contributed by atoms with Gasteiger partial charge in [-0.3, -0.25) is 9.59 Å². The van der Waals surface area contributed by atoms with Crippen LogP contribution < -0.4 is 10.6 Å². The Morgan fingerprint density at radius 2 is 1.14 bits per heavy atom. The molecule has 4 amide bonds. The van der Waals surface area contributed by atoms with Gasteiger partial charge >= 0.3 is 12.2 Å². The molecule has 0 aliphatic carbocycles. The van der Waals surface area contributed by atoms with E-state index in [1.807, 2.05) is 31.1 Å². The molecule has 2 aliphatic rings. The highest BCUT2D eigenvalue weighted by Gasteiger charge is 2.38. The molecule has 0 bridgehead atoms. The fourth-order valence-corrected chi connectivity index (χ4v) is 7.79. The third kappa shape index (κ3) is 7.81. The highest BCUT2D eigenvalue weighted by molar-refractivity contribution is 5.91. The number of ether oxygens (including phenoxy) is 2. The molecule has 56 heavy (non-hydrogen) atoms. The van der Waals surface area contributed by atoms with Crippen LogP contribution in [0.5, 0.6) is 0 Å². The third-order valence-corrected chi connectivity index (χ3v) is 10.9. The van der Waals surface area contributed by atoms with Crippen molar-refractivity contribution >= 4 is 34.8 Å². The number of hydrogen-bond donors (Lipinski definition) is 4. The van der Waals surface area contributed by atoms with E-state index in [0.29, 0.717) is 13.1 Å². The highest BCUT2D eigenvalue weighted by Crippen LogP contribution is 2.35. The van der Waals surface area contributed by atoms with Crippen LogP contribution in [0.2, 0.25) is 0 Å². The zero-order chi connectivity index (χ0) is 39.5. The molecule has 7 rings (SSSR count). The van der Waals surface area contributed by atoms with Gasteiger partial charge < -0.3 is 39.9 Å². The molecule has 4 atom stereocenters. The Morgan fingerprint density at radius 3 is 1.71 bits per heavy atom. The van der Waals surface area contributed by atoms with Crippen molar-refractivity contribution in [3.05, 3.63) is 84.7 Å². The number of nitrogens with one attached hydrogen (secondary N) is 4. The summed E-state index contributed by atoms with van der Waals surface area (Å²) in [5, 5.41) is 7.45. The Hall–Kier alpha value is -6.18. The van der Waals surface area contributed by atoms with Gasteiger partial charge in [0, 0.05) is 18.7 Å². The topological polar surface area (TPSA) is 175 Å². The predicted octanol–water partition coefficient (Wildman–Crippen LogP) is 6.74. The number of aromatic amines is 2. The lowest BCUT2D eigenvalue weighted by atomic mass is 9.98. The lowest BCUT2D eigenvalue weighted by Crippen LogP contribution is -2.51. The predicted molar refractivity (Wildman–Crippen MR) is 211 cm³/mol. The molecule has 2 saturated heterocycles. The third-order valence-electron chi connectivity index (χ3n) is 10.9. The molecule has 4 heterocycles. The van der Waals surface area contributed by atoms with Crippen molar-refractivity contribution in [1.29, 1.82) is 0 Å². The van der Waals surface area contributed by atoms with Gasteiger partial charge in [-0.1, -0.05) is 62.4 Å². The van der Waals surface area contributed by atoms with Crippen molar-refractivity contribution < 1.29 is 28.7 Å². The van der Waals surface area contributed by atoms with Crippen molar-refractivity contribution in [2.45, 2.75) is 70.6 Å². The molecular weight excluding hydrogens is 713 g/mol. The molecule has 3 aromatic carbocycles. The lowest BCUT2D eigenvalue weighted by Gasteiger charge is -2.30. The quantitative estimate of drug-likeness (QED) is 0.121. The van der Waals surface area contributed by atoms with Crippen LogP contribution in [-0.2, 0) is 19.1 Å². The van der Waals surface area contributed by atoms with Crippen molar-refractivity contribution in [2.75, 3.05) is 27.3 Å². The smallest absolute Gasteiger partial charge is 0.407 e. The zero-order valence-electron chi connectivity index (χ0n) is 32.3. The number of alkyl carbamates (subject to hydrolysis) is 2. The fraction of sp³-hybridized carbons (Fsp3) is 0.381. The SMILES string of the molecule is COC(=O)NC(C)C(=O)N1CCC[C@H]1c1ncc(-c2ccc3cc(-c4ccc(-c5cnc([C@@H]6CCCN6C(=O)C(NC(=O)OC)C(C)C)[nH]5)cc4)ccc3c2)[nH]1. The average Bonchev–Trinajstić information content (AvgIpc) is 4.06. The number of hydrogen-bond acceptors (Lipinski definition) is 8. The second-order valence-electron chi connectivity index (χ2n) is 14.8. The number of H-pyrrole nitrogens is 2. The summed E-state index contributed by atoms with van der Waals surface area (Å²) >= 11 is 0. The number of methoxy groups -OCH3 is 2. The van der Waals surface area contributed by atoms with E-state index in [1.54, 1.807) is 11.8 Å². The second kappa shape index (κ2) is 16.3. The van der Waals surface area contributed by atoms with Crippen LogP contribution in [0.15, 0.2) is 73.1 Å². The van der Waals surface area contributed by atoms with Crippen LogP contribution in [0.1, 0.15) is 70.2 Å². The van der Waals surface area contributed by atoms with E-state index in [4.69, 9.17) is 4.74 Å². The van der Waals surface area contributed by atoms with E-state index in [9.17, 15) is 19.2 Å². The number of rotatable bonds is 10. The van der Waals surface area contributed by atoms with E-state index < -0.39 is 24.3 Å². The van der Waals surface area contributed by atoms with Crippen molar-refractivity contribution in [3.8, 4) is 33.6 Å². The molecule has 0 spiro atoms. The van der Waals surface area contributed by atoms with Crippen LogP contribution in [0, 0.1) is 5.92 Å². The average molecular weight is 761 g/mol. The summed E-state index contributed by atoms with van der Waals surface area (Å²) in [6, 6.07) is 19.2. The molecule has 5 aromatic rings. The van der Waals surface area contributed by atoms with Crippen molar-refractivity contribution in [1.82, 2.24) is 40.4 Å². The standard InChI is InChI=1S/C42H48N8O6/c1-24(2)36(48-42(54)56-5)40(52)50-19-7-9-35(50)38-43-22-32(46-38)27-12-10-26(11-13-27)28-14-15-30-21-31(17-16-29(30)20-28)33-23-44-37(47-33)34-8-6-18-49(34)39(51)25(3)45-41(53)55-4/h10-17,20-25,34-36H,6-9,18-19H2,1-5H3,(H,43,46)(H,44,47)(H,45,53)(H,48,54)/t25?,34-,35-,36?/m0/s1. The van der Waals surface area contributed by atoms with E-state index in [0.717, 1.165) is 81.7 Å². The normalized spacial score (nSPS) is 17.9. The molecule has 0 saturated carbocycles. The van der Waals surface area contributed by atoms with Gasteiger partial charge in [-0.2, -0.15) is 0 Å². The largest absolute Gasteiger partial charge is 0.453 e. The number of fused-ring (bicyclic) bond motifs is 1. The summed E-state index contributed by atoms with van der Waals surface area (Å²) in [4.78, 5) is 70.1. The maximum Gasteiger partial charge on any atom is 0.407 e. The minimum atomic E-state index is -0.707. The van der Waals surface area contributed by atoms with Crippen LogP contribution in [-0.4, -0.2) is 93.1 Å². The second-order valence-corrected chi connectivity index (χ2v) is 14.8. The van der Waals surface area contributed by atoms with E-state index in [1.165, 1.54) is 14.2 Å². The summed E-state index contributed by atoms with van der Waals surface area (Å²) in [5.41, 5.74) is 5.88. The maximum absolute atomic E-state index is 13.5. The molecule has 292 valence electrons. The van der Waals surface area contributed by atoms with Gasteiger partial charge in [0.05, 0.1) is 50.1 Å². The number of imidazole rings is 2. The summed E-state index contributed by atoms with van der Waals surface area (Å²) < 4.78 is 9.41. The molecule has 14 nitrogen and oxygen atoms in total. The summed E-state index contributed by atoms with van der Waals surface area (Å²) in [6.07, 6.45) is 5.63. The number of carbonyl (C=O) groups is 4. The molecule has 2 fully saturated rings. The Labute approximate surface area is 325 Å². The van der Waals surface area contributed by atoms with Crippen LogP contribution >= 0.6 is 0 Å². The van der Waals surface area contributed by atoms with E-state index in [2.05, 4.69) is 96.0 Å².